The van der Waals surface area contributed by atoms with E-state index < -0.39 is 29.8 Å². The molecule has 2 aromatic rings. The summed E-state index contributed by atoms with van der Waals surface area (Å²) >= 11 is 5.97. The first-order chi connectivity index (χ1) is 14.2. The minimum Gasteiger partial charge on any atom is -0.385 e. The van der Waals surface area contributed by atoms with Gasteiger partial charge in [-0.2, -0.15) is 5.10 Å². The van der Waals surface area contributed by atoms with Crippen molar-refractivity contribution in [3.63, 3.8) is 0 Å². The SMILES string of the molecule is CCN(C(=O)c1[nH]ncc1Cl)c1ccc(F)c([C@@]2(CC)N=C(N)COCC2(F)F)c1. The second kappa shape index (κ2) is 8.27. The highest BCUT2D eigenvalue weighted by Crippen LogP contribution is 2.47. The molecule has 3 rings (SSSR count). The van der Waals surface area contributed by atoms with Crippen molar-refractivity contribution in [2.75, 3.05) is 24.7 Å². The molecule has 1 amide bonds. The third-order valence-corrected chi connectivity index (χ3v) is 5.35. The van der Waals surface area contributed by atoms with Gasteiger partial charge in [-0.1, -0.05) is 18.5 Å². The van der Waals surface area contributed by atoms with Gasteiger partial charge in [-0.3, -0.25) is 14.9 Å². The molecule has 2 heterocycles. The minimum absolute atomic E-state index is 0.0325. The molecule has 1 aromatic carbocycles. The number of carbonyl (C=O) groups is 1. The molecule has 7 nitrogen and oxygen atoms in total. The lowest BCUT2D eigenvalue weighted by atomic mass is 9.81. The van der Waals surface area contributed by atoms with Crippen LogP contribution in [0.15, 0.2) is 29.4 Å². The number of amidine groups is 1. The molecule has 0 spiro atoms. The van der Waals surface area contributed by atoms with Crippen LogP contribution in [0.1, 0.15) is 36.3 Å². The number of nitrogens with one attached hydrogen (secondary N) is 1. The summed E-state index contributed by atoms with van der Waals surface area (Å²) in [5.74, 6) is -5.12. The van der Waals surface area contributed by atoms with Crippen molar-refractivity contribution in [1.29, 1.82) is 0 Å². The van der Waals surface area contributed by atoms with E-state index in [0.29, 0.717) is 0 Å². The van der Waals surface area contributed by atoms with Crippen LogP contribution >= 0.6 is 11.6 Å². The molecular formula is C19H21ClF3N5O2. The molecule has 1 atom stereocenters. The number of ether oxygens (including phenoxy) is 1. The van der Waals surface area contributed by atoms with Crippen LogP contribution in [-0.4, -0.2) is 47.6 Å². The molecule has 0 saturated heterocycles. The number of carbonyl (C=O) groups excluding carboxylic acids is 1. The predicted octanol–water partition coefficient (Wildman–Crippen LogP) is 3.50. The standard InChI is InChI=1S/C19H21ClF3N5O2/c1-3-18(19(22,23)10-30-9-15(24)26-18)12-7-11(5-6-14(12)21)28(4-2)17(29)16-13(20)8-25-27-16/h5-8H,3-4,9-10H2,1-2H3,(H2,24,26)(H,25,27)/t18-/m1/s1. The van der Waals surface area contributed by atoms with Gasteiger partial charge in [-0.25, -0.2) is 13.2 Å². The third-order valence-electron chi connectivity index (χ3n) is 5.06. The Balaban J connectivity index is 2.15. The van der Waals surface area contributed by atoms with Gasteiger partial charge in [0, 0.05) is 17.8 Å². The Labute approximate surface area is 176 Å². The number of amides is 1. The molecule has 0 aliphatic carbocycles. The number of hydrogen-bond donors (Lipinski definition) is 2. The third kappa shape index (κ3) is 3.65. The summed E-state index contributed by atoms with van der Waals surface area (Å²) in [6, 6.07) is 3.55. The summed E-state index contributed by atoms with van der Waals surface area (Å²) in [5.41, 5.74) is 3.31. The van der Waals surface area contributed by atoms with E-state index in [9.17, 15) is 9.18 Å². The summed E-state index contributed by atoms with van der Waals surface area (Å²) in [6.07, 6.45) is 1.03. The smallest absolute Gasteiger partial charge is 0.299 e. The van der Waals surface area contributed by atoms with Crippen LogP contribution in [0.4, 0.5) is 18.9 Å². The Bertz CT molecular complexity index is 981. The van der Waals surface area contributed by atoms with Gasteiger partial charge in [0.1, 0.15) is 30.6 Å². The molecule has 1 aromatic heterocycles. The fourth-order valence-electron chi connectivity index (χ4n) is 3.55. The van der Waals surface area contributed by atoms with Crippen LogP contribution < -0.4 is 10.6 Å². The van der Waals surface area contributed by atoms with Gasteiger partial charge in [-0.05, 0) is 31.5 Å². The number of hydrogen-bond acceptors (Lipinski definition) is 5. The average molecular weight is 444 g/mol. The van der Waals surface area contributed by atoms with Crippen molar-refractivity contribution in [2.24, 2.45) is 10.7 Å². The molecule has 11 heteroatoms. The minimum atomic E-state index is -3.53. The van der Waals surface area contributed by atoms with Crippen LogP contribution in [0.5, 0.6) is 0 Å². The van der Waals surface area contributed by atoms with Gasteiger partial charge in [-0.15, -0.1) is 0 Å². The van der Waals surface area contributed by atoms with E-state index in [-0.39, 0.29) is 47.4 Å². The second-order valence-corrected chi connectivity index (χ2v) is 7.23. The number of aliphatic imine (C=N–C) groups is 1. The highest BCUT2D eigenvalue weighted by Gasteiger charge is 2.56. The zero-order chi connectivity index (χ0) is 22.1. The quantitative estimate of drug-likeness (QED) is 0.739. The summed E-state index contributed by atoms with van der Waals surface area (Å²) in [6.45, 7) is 2.08. The monoisotopic (exact) mass is 443 g/mol. The normalized spacial score (nSPS) is 21.1. The van der Waals surface area contributed by atoms with Crippen LogP contribution in [0.2, 0.25) is 5.02 Å². The molecule has 0 radical (unpaired) electrons. The Morgan fingerprint density at radius 1 is 1.40 bits per heavy atom. The first-order valence-electron chi connectivity index (χ1n) is 9.27. The molecule has 0 saturated carbocycles. The molecule has 1 aliphatic rings. The number of alkyl halides is 2. The molecular weight excluding hydrogens is 423 g/mol. The predicted molar refractivity (Wildman–Crippen MR) is 107 cm³/mol. The zero-order valence-corrected chi connectivity index (χ0v) is 17.1. The van der Waals surface area contributed by atoms with E-state index in [1.807, 2.05) is 0 Å². The highest BCUT2D eigenvalue weighted by atomic mass is 35.5. The van der Waals surface area contributed by atoms with Gasteiger partial charge in [0.2, 0.25) is 0 Å². The van der Waals surface area contributed by atoms with E-state index in [1.54, 1.807) is 6.92 Å². The van der Waals surface area contributed by atoms with Crippen LogP contribution in [0.3, 0.4) is 0 Å². The zero-order valence-electron chi connectivity index (χ0n) is 16.4. The van der Waals surface area contributed by atoms with Crippen molar-refractivity contribution in [3.05, 3.63) is 46.5 Å². The topological polar surface area (TPSA) is 96.6 Å². The number of nitrogens with zero attached hydrogens (tertiary/aromatic N) is 3. The van der Waals surface area contributed by atoms with Crippen molar-refractivity contribution < 1.29 is 22.7 Å². The van der Waals surface area contributed by atoms with E-state index >= 15 is 8.78 Å². The lowest BCUT2D eigenvalue weighted by molar-refractivity contribution is -0.123. The number of aromatic nitrogens is 2. The molecule has 0 fully saturated rings. The summed E-state index contributed by atoms with van der Waals surface area (Å²) in [4.78, 5) is 18.1. The van der Waals surface area contributed by atoms with Gasteiger partial charge < -0.3 is 15.4 Å². The van der Waals surface area contributed by atoms with Crippen LogP contribution in [0.25, 0.3) is 0 Å². The Morgan fingerprint density at radius 3 is 2.73 bits per heavy atom. The van der Waals surface area contributed by atoms with Crippen molar-refractivity contribution in [1.82, 2.24) is 10.2 Å². The van der Waals surface area contributed by atoms with Crippen LogP contribution in [-0.2, 0) is 10.3 Å². The maximum atomic E-state index is 15.1. The summed E-state index contributed by atoms with van der Waals surface area (Å²) in [5, 5.41) is 6.32. The first-order valence-corrected chi connectivity index (χ1v) is 9.65. The number of benzene rings is 1. The van der Waals surface area contributed by atoms with Gasteiger partial charge in [0.25, 0.3) is 11.8 Å². The van der Waals surface area contributed by atoms with Crippen molar-refractivity contribution in [3.8, 4) is 0 Å². The number of aromatic amines is 1. The lowest BCUT2D eigenvalue weighted by Crippen LogP contribution is -2.47. The van der Waals surface area contributed by atoms with E-state index in [0.717, 1.165) is 6.07 Å². The van der Waals surface area contributed by atoms with E-state index in [4.69, 9.17) is 22.1 Å². The van der Waals surface area contributed by atoms with Crippen LogP contribution in [0, 0.1) is 5.82 Å². The largest absolute Gasteiger partial charge is 0.385 e. The molecule has 0 bridgehead atoms. The van der Waals surface area contributed by atoms with Gasteiger partial charge in [0.05, 0.1) is 11.2 Å². The fraction of sp³-hybridized carbons (Fsp3) is 0.421. The number of nitrogens with two attached hydrogens (primary N) is 1. The first kappa shape index (κ1) is 22.1. The summed E-state index contributed by atoms with van der Waals surface area (Å²) < 4.78 is 50.0. The molecule has 0 unspecified atom stereocenters. The Morgan fingerprint density at radius 2 is 2.13 bits per heavy atom. The lowest BCUT2D eigenvalue weighted by Gasteiger charge is -2.36. The molecule has 30 heavy (non-hydrogen) atoms. The van der Waals surface area contributed by atoms with E-state index in [2.05, 4.69) is 15.2 Å². The highest BCUT2D eigenvalue weighted by molar-refractivity contribution is 6.34. The molecule has 1 aliphatic heterocycles. The fourth-order valence-corrected chi connectivity index (χ4v) is 3.72. The molecule has 162 valence electrons. The van der Waals surface area contributed by atoms with Crippen molar-refractivity contribution in [2.45, 2.75) is 31.7 Å². The second-order valence-electron chi connectivity index (χ2n) is 6.82. The maximum Gasteiger partial charge on any atom is 0.299 e. The van der Waals surface area contributed by atoms with Gasteiger partial charge in [0.15, 0.2) is 5.54 Å². The Hall–Kier alpha value is -2.59. The Kier molecular flexibility index (Phi) is 6.09. The van der Waals surface area contributed by atoms with Gasteiger partial charge >= 0.3 is 0 Å². The number of H-pyrrole nitrogens is 1. The number of anilines is 1. The van der Waals surface area contributed by atoms with Crippen molar-refractivity contribution >= 4 is 29.0 Å². The number of rotatable bonds is 5. The maximum absolute atomic E-state index is 15.1. The van der Waals surface area contributed by atoms with E-state index in [1.165, 1.54) is 30.2 Å². The average Bonchev–Trinajstić information content (AvgIpc) is 3.08. The molecule has 3 N–H and O–H groups in total. The number of halogens is 4. The summed E-state index contributed by atoms with van der Waals surface area (Å²) in [7, 11) is 0.